The van der Waals surface area contributed by atoms with Crippen molar-refractivity contribution in [1.82, 2.24) is 19.7 Å². The highest BCUT2D eigenvalue weighted by Gasteiger charge is 2.39. The van der Waals surface area contributed by atoms with E-state index in [1.807, 2.05) is 6.33 Å². The minimum absolute atomic E-state index is 0.247. The van der Waals surface area contributed by atoms with Gasteiger partial charge in [0.25, 0.3) is 0 Å². The summed E-state index contributed by atoms with van der Waals surface area (Å²) in [4.78, 5) is 2.53. The first-order valence-corrected chi connectivity index (χ1v) is 6.16. The summed E-state index contributed by atoms with van der Waals surface area (Å²) in [6.07, 6.45) is 6.96. The highest BCUT2D eigenvalue weighted by molar-refractivity contribution is 5.00. The summed E-state index contributed by atoms with van der Waals surface area (Å²) in [7, 11) is 0. The van der Waals surface area contributed by atoms with Crippen LogP contribution in [0.3, 0.4) is 0 Å². The van der Waals surface area contributed by atoms with E-state index in [0.717, 1.165) is 32.0 Å². The smallest absolute Gasteiger partial charge is 0.147 e. The van der Waals surface area contributed by atoms with Gasteiger partial charge in [0.15, 0.2) is 0 Å². The molecule has 0 amide bonds. The molecular formula is C11H19N5. The molecule has 0 spiro atoms. The first kappa shape index (κ1) is 10.2. The average Bonchev–Trinajstić information content (AvgIpc) is 2.97. The van der Waals surface area contributed by atoms with Crippen molar-refractivity contribution in [2.24, 2.45) is 5.73 Å². The number of hydrogen-bond donors (Lipinski definition) is 1. The third kappa shape index (κ3) is 1.46. The maximum absolute atomic E-state index is 6.01. The van der Waals surface area contributed by atoms with Crippen molar-refractivity contribution in [3.05, 3.63) is 12.2 Å². The standard InChI is InChI=1S/C11H19N5/c12-8-11(3-1-2-4-11)16-6-5-15-9-13-14-10(15)7-16/h9H,1-8,12H2. The van der Waals surface area contributed by atoms with E-state index < -0.39 is 0 Å². The van der Waals surface area contributed by atoms with Crippen molar-refractivity contribution in [3.8, 4) is 0 Å². The molecule has 1 fully saturated rings. The lowest BCUT2D eigenvalue weighted by molar-refractivity contribution is 0.0678. The average molecular weight is 221 g/mol. The Morgan fingerprint density at radius 3 is 2.88 bits per heavy atom. The summed E-state index contributed by atoms with van der Waals surface area (Å²) in [6, 6.07) is 0. The van der Waals surface area contributed by atoms with Crippen molar-refractivity contribution in [2.75, 3.05) is 13.1 Å². The van der Waals surface area contributed by atoms with E-state index in [1.54, 1.807) is 0 Å². The van der Waals surface area contributed by atoms with Gasteiger partial charge in [-0.3, -0.25) is 4.90 Å². The van der Waals surface area contributed by atoms with Crippen LogP contribution in [-0.2, 0) is 13.1 Å². The van der Waals surface area contributed by atoms with Gasteiger partial charge in [-0.05, 0) is 12.8 Å². The van der Waals surface area contributed by atoms with Crippen LogP contribution in [0.2, 0.25) is 0 Å². The second kappa shape index (κ2) is 3.82. The summed E-state index contributed by atoms with van der Waals surface area (Å²) < 4.78 is 2.15. The van der Waals surface area contributed by atoms with Crippen LogP contribution in [0.5, 0.6) is 0 Å². The van der Waals surface area contributed by atoms with Gasteiger partial charge in [0.1, 0.15) is 12.2 Å². The van der Waals surface area contributed by atoms with Crippen LogP contribution in [0, 0.1) is 0 Å². The topological polar surface area (TPSA) is 60.0 Å². The van der Waals surface area contributed by atoms with Crippen LogP contribution in [-0.4, -0.2) is 38.3 Å². The second-order valence-corrected chi connectivity index (χ2v) is 5.00. The summed E-state index contributed by atoms with van der Waals surface area (Å²) in [5.74, 6) is 1.09. The Morgan fingerprint density at radius 1 is 1.31 bits per heavy atom. The van der Waals surface area contributed by atoms with E-state index in [9.17, 15) is 0 Å². The van der Waals surface area contributed by atoms with E-state index in [1.165, 1.54) is 25.7 Å². The van der Waals surface area contributed by atoms with Gasteiger partial charge in [-0.25, -0.2) is 0 Å². The molecule has 0 bridgehead atoms. The van der Waals surface area contributed by atoms with Gasteiger partial charge in [-0.1, -0.05) is 12.8 Å². The summed E-state index contributed by atoms with van der Waals surface area (Å²) in [5, 5.41) is 8.14. The molecule has 0 unspecified atom stereocenters. The minimum atomic E-state index is 0.247. The summed E-state index contributed by atoms with van der Waals surface area (Å²) in [6.45, 7) is 3.78. The Bertz CT molecular complexity index is 366. The van der Waals surface area contributed by atoms with Crippen LogP contribution in [0.15, 0.2) is 6.33 Å². The molecule has 1 aliphatic carbocycles. The van der Waals surface area contributed by atoms with Crippen molar-refractivity contribution in [3.63, 3.8) is 0 Å². The fourth-order valence-electron chi connectivity index (χ4n) is 3.15. The van der Waals surface area contributed by atoms with Crippen LogP contribution in [0.1, 0.15) is 31.5 Å². The third-order valence-electron chi connectivity index (χ3n) is 4.22. The van der Waals surface area contributed by atoms with Crippen LogP contribution in [0.25, 0.3) is 0 Å². The van der Waals surface area contributed by atoms with E-state index in [2.05, 4.69) is 19.7 Å². The molecule has 1 saturated carbocycles. The molecule has 2 heterocycles. The Labute approximate surface area is 95.6 Å². The third-order valence-corrected chi connectivity index (χ3v) is 4.22. The molecule has 0 aromatic carbocycles. The number of nitrogens with two attached hydrogens (primary N) is 1. The zero-order valence-electron chi connectivity index (χ0n) is 9.60. The molecule has 2 aliphatic rings. The number of aromatic nitrogens is 3. The van der Waals surface area contributed by atoms with Gasteiger partial charge in [-0.15, -0.1) is 10.2 Å². The molecule has 5 heteroatoms. The number of rotatable bonds is 2. The monoisotopic (exact) mass is 221 g/mol. The maximum atomic E-state index is 6.01. The Hall–Kier alpha value is -0.940. The van der Waals surface area contributed by atoms with Gasteiger partial charge in [0.05, 0.1) is 6.54 Å². The highest BCUT2D eigenvalue weighted by Crippen LogP contribution is 2.36. The molecule has 88 valence electrons. The molecule has 16 heavy (non-hydrogen) atoms. The number of hydrogen-bond acceptors (Lipinski definition) is 4. The van der Waals surface area contributed by atoms with E-state index in [0.29, 0.717) is 0 Å². The van der Waals surface area contributed by atoms with Gasteiger partial charge in [0.2, 0.25) is 0 Å². The van der Waals surface area contributed by atoms with Crippen LogP contribution < -0.4 is 5.73 Å². The lowest BCUT2D eigenvalue weighted by Crippen LogP contribution is -2.54. The molecule has 1 aliphatic heterocycles. The van der Waals surface area contributed by atoms with Crippen molar-refractivity contribution in [2.45, 2.75) is 44.3 Å². The minimum Gasteiger partial charge on any atom is -0.329 e. The summed E-state index contributed by atoms with van der Waals surface area (Å²) >= 11 is 0. The fraction of sp³-hybridized carbons (Fsp3) is 0.818. The molecule has 0 atom stereocenters. The van der Waals surface area contributed by atoms with Gasteiger partial charge >= 0.3 is 0 Å². The highest BCUT2D eigenvalue weighted by atomic mass is 15.3. The van der Waals surface area contributed by atoms with Crippen LogP contribution in [0.4, 0.5) is 0 Å². The molecule has 5 nitrogen and oxygen atoms in total. The maximum Gasteiger partial charge on any atom is 0.147 e. The molecule has 0 saturated heterocycles. The van der Waals surface area contributed by atoms with Gasteiger partial charge in [0, 0.05) is 25.2 Å². The Morgan fingerprint density at radius 2 is 2.12 bits per heavy atom. The quantitative estimate of drug-likeness (QED) is 0.783. The van der Waals surface area contributed by atoms with Crippen molar-refractivity contribution >= 4 is 0 Å². The first-order chi connectivity index (χ1) is 7.84. The normalized spacial score (nSPS) is 24.6. The molecule has 2 N–H and O–H groups in total. The van der Waals surface area contributed by atoms with E-state index in [4.69, 9.17) is 5.73 Å². The van der Waals surface area contributed by atoms with E-state index in [-0.39, 0.29) is 5.54 Å². The van der Waals surface area contributed by atoms with Gasteiger partial charge < -0.3 is 10.3 Å². The Kier molecular flexibility index (Phi) is 2.44. The largest absolute Gasteiger partial charge is 0.329 e. The summed E-state index contributed by atoms with van der Waals surface area (Å²) in [5.41, 5.74) is 6.26. The SMILES string of the molecule is NCC1(N2CCn3cnnc3C2)CCCC1. The lowest BCUT2D eigenvalue weighted by Gasteiger charge is -2.42. The number of nitrogens with zero attached hydrogens (tertiary/aromatic N) is 4. The predicted molar refractivity (Wildman–Crippen MR) is 60.7 cm³/mol. The molecule has 1 aromatic rings. The molecule has 1 aromatic heterocycles. The molecule has 3 rings (SSSR count). The zero-order chi connectivity index (χ0) is 11.0. The lowest BCUT2D eigenvalue weighted by atomic mass is 9.94. The van der Waals surface area contributed by atoms with E-state index >= 15 is 0 Å². The molecular weight excluding hydrogens is 202 g/mol. The molecule has 0 radical (unpaired) electrons. The first-order valence-electron chi connectivity index (χ1n) is 6.16. The predicted octanol–water partition coefficient (Wildman–Crippen LogP) is 0.365. The Balaban J connectivity index is 1.82. The van der Waals surface area contributed by atoms with Crippen molar-refractivity contribution < 1.29 is 0 Å². The van der Waals surface area contributed by atoms with Gasteiger partial charge in [-0.2, -0.15) is 0 Å². The van der Waals surface area contributed by atoms with Crippen LogP contribution >= 0.6 is 0 Å². The second-order valence-electron chi connectivity index (χ2n) is 5.00. The van der Waals surface area contributed by atoms with Crippen molar-refractivity contribution in [1.29, 1.82) is 0 Å². The fourth-order valence-corrected chi connectivity index (χ4v) is 3.15. The number of fused-ring (bicyclic) bond motifs is 1. The zero-order valence-corrected chi connectivity index (χ0v) is 9.60.